The molecule has 1 N–H and O–H groups in total. The average molecular weight is 733 g/mol. The number of ether oxygens (including phenoxy) is 3. The molecule has 2 fully saturated rings. The Kier molecular flexibility index (Phi) is 15.9. The third-order valence-electron chi connectivity index (χ3n) is 10.6. The van der Waals surface area contributed by atoms with Crippen molar-refractivity contribution >= 4 is 34.3 Å². The van der Waals surface area contributed by atoms with Crippen LogP contribution >= 0.6 is 11.6 Å². The normalized spacial score (nSPS) is 25.2. The predicted octanol–water partition coefficient (Wildman–Crippen LogP) is 7.63. The smallest absolute Gasteiger partial charge is 0.281 e. The number of amides is 1. The molecule has 5 rings (SSSR count). The summed E-state index contributed by atoms with van der Waals surface area (Å²) in [7, 11) is 2.60. The first-order valence-electron chi connectivity index (χ1n) is 18.9. The third kappa shape index (κ3) is 10.4. The molecule has 6 unspecified atom stereocenters. The standard InChI is InChI=1S/C37H55ClN4O5S.C2H6/c1-7-9-24(3)25(4)48(44)40-37(43)33-15-16-34-36(39-33)42(20-29(21-45-34)32-14-13-30(38)17-27(32)10-8-2)19-28-12-11-26(28)18-35-46-22-31(23-47-35)41(5)6;1-2/h13-17,24-26,28-29,31,35H,7-12,18-23H2,1-6H3,(H,40,43);1-2H3. The zero-order valence-corrected chi connectivity index (χ0v) is 33.2. The Labute approximate surface area is 308 Å². The number of benzene rings is 1. The SMILES string of the molecule is CC.CCCc1cc(Cl)ccc1C1COc2ccc(C(=O)NS(=O)C(C)C(C)CCC)nc2N(CC2CCC2CC2OCC(N(C)C)CO2)C1. The molecule has 1 saturated carbocycles. The number of aryl methyl sites for hydroxylation is 1. The number of halogens is 1. The minimum absolute atomic E-state index is 0.0928. The van der Waals surface area contributed by atoms with Crippen LogP contribution in [0.3, 0.4) is 0 Å². The van der Waals surface area contributed by atoms with Gasteiger partial charge in [-0.2, -0.15) is 0 Å². The van der Waals surface area contributed by atoms with E-state index in [9.17, 15) is 9.00 Å². The van der Waals surface area contributed by atoms with Gasteiger partial charge < -0.3 is 24.0 Å². The maximum Gasteiger partial charge on any atom is 0.281 e. The van der Waals surface area contributed by atoms with E-state index in [1.54, 1.807) is 6.07 Å². The molecule has 1 amide bonds. The lowest BCUT2D eigenvalue weighted by atomic mass is 9.71. The fourth-order valence-corrected chi connectivity index (χ4v) is 8.35. The van der Waals surface area contributed by atoms with Gasteiger partial charge in [0.2, 0.25) is 0 Å². The third-order valence-corrected chi connectivity index (χ3v) is 12.4. The fourth-order valence-electron chi connectivity index (χ4n) is 7.13. The Morgan fingerprint density at radius 3 is 2.42 bits per heavy atom. The minimum atomic E-state index is -1.51. The zero-order valence-electron chi connectivity index (χ0n) is 31.6. The first kappa shape index (κ1) is 40.5. The molecular weight excluding hydrogens is 672 g/mol. The largest absolute Gasteiger partial charge is 0.489 e. The molecule has 3 heterocycles. The second kappa shape index (κ2) is 19.6. The average Bonchev–Trinajstić information content (AvgIpc) is 3.29. The maximum absolute atomic E-state index is 13.4. The van der Waals surface area contributed by atoms with E-state index in [1.165, 1.54) is 11.1 Å². The van der Waals surface area contributed by atoms with Crippen molar-refractivity contribution in [1.82, 2.24) is 14.6 Å². The number of hydrogen-bond acceptors (Lipinski definition) is 8. The Morgan fingerprint density at radius 2 is 1.78 bits per heavy atom. The number of carbonyl (C=O) groups is 1. The molecule has 0 spiro atoms. The van der Waals surface area contributed by atoms with Crippen LogP contribution in [0.1, 0.15) is 108 Å². The maximum atomic E-state index is 13.4. The van der Waals surface area contributed by atoms with Crippen LogP contribution in [0.2, 0.25) is 5.02 Å². The monoisotopic (exact) mass is 732 g/mol. The summed E-state index contributed by atoms with van der Waals surface area (Å²) in [5.41, 5.74) is 2.73. The number of nitrogens with zero attached hydrogens (tertiary/aromatic N) is 3. The van der Waals surface area contributed by atoms with Crippen molar-refractivity contribution in [2.24, 2.45) is 17.8 Å². The molecule has 6 atom stereocenters. The first-order chi connectivity index (χ1) is 24.1. The molecule has 1 saturated heterocycles. The minimum Gasteiger partial charge on any atom is -0.489 e. The quantitative estimate of drug-likeness (QED) is 0.212. The highest BCUT2D eigenvalue weighted by molar-refractivity contribution is 7.84. The van der Waals surface area contributed by atoms with Gasteiger partial charge in [0.05, 0.1) is 31.1 Å². The highest BCUT2D eigenvalue weighted by Gasteiger charge is 2.38. The van der Waals surface area contributed by atoms with Gasteiger partial charge in [0.25, 0.3) is 5.91 Å². The van der Waals surface area contributed by atoms with Crippen molar-refractivity contribution in [3.8, 4) is 5.75 Å². The lowest BCUT2D eigenvalue weighted by molar-refractivity contribution is -0.212. The number of pyridine rings is 1. The number of nitrogens with one attached hydrogen (secondary N) is 1. The number of anilines is 1. The Morgan fingerprint density at radius 1 is 1.06 bits per heavy atom. The van der Waals surface area contributed by atoms with Crippen LogP contribution < -0.4 is 14.4 Å². The summed E-state index contributed by atoms with van der Waals surface area (Å²) in [5.74, 6) is 2.13. The van der Waals surface area contributed by atoms with Gasteiger partial charge in [-0.05, 0) is 99.8 Å². The molecule has 1 aliphatic carbocycles. The molecule has 0 radical (unpaired) electrons. The van der Waals surface area contributed by atoms with E-state index in [4.69, 9.17) is 30.8 Å². The van der Waals surface area contributed by atoms with Gasteiger partial charge in [-0.3, -0.25) is 9.52 Å². The fraction of sp³-hybridized carbons (Fsp3) is 0.692. The number of carbonyl (C=O) groups excluding carboxylic acids is 1. The Hall–Kier alpha value is -2.24. The van der Waals surface area contributed by atoms with Crippen molar-refractivity contribution in [3.05, 3.63) is 52.2 Å². The van der Waals surface area contributed by atoms with Crippen LogP contribution in [-0.4, -0.2) is 84.6 Å². The lowest BCUT2D eigenvalue weighted by Crippen LogP contribution is -2.46. The van der Waals surface area contributed by atoms with Gasteiger partial charge in [0.15, 0.2) is 17.9 Å². The Balaban J connectivity index is 0.00000276. The number of aromatic nitrogens is 1. The summed E-state index contributed by atoms with van der Waals surface area (Å²) in [6, 6.07) is 10.00. The van der Waals surface area contributed by atoms with E-state index in [-0.39, 0.29) is 35.1 Å². The van der Waals surface area contributed by atoms with Crippen molar-refractivity contribution in [2.45, 2.75) is 110 Å². The van der Waals surface area contributed by atoms with E-state index in [0.717, 1.165) is 56.5 Å². The molecule has 280 valence electrons. The summed E-state index contributed by atoms with van der Waals surface area (Å²) in [5, 5.41) is 0.583. The van der Waals surface area contributed by atoms with E-state index >= 15 is 0 Å². The highest BCUT2D eigenvalue weighted by atomic mass is 35.5. The number of rotatable bonds is 14. The summed E-state index contributed by atoms with van der Waals surface area (Å²) < 4.78 is 34.5. The van der Waals surface area contributed by atoms with E-state index in [0.29, 0.717) is 49.8 Å². The summed E-state index contributed by atoms with van der Waals surface area (Å²) in [4.78, 5) is 22.8. The molecular formula is C39H61ClN4O5S. The molecule has 2 aromatic rings. The topological polar surface area (TPSA) is 93.2 Å². The van der Waals surface area contributed by atoms with E-state index in [1.807, 2.05) is 32.9 Å². The van der Waals surface area contributed by atoms with Gasteiger partial charge in [-0.1, -0.05) is 65.1 Å². The lowest BCUT2D eigenvalue weighted by Gasteiger charge is -2.43. The molecule has 0 bridgehead atoms. The van der Waals surface area contributed by atoms with E-state index in [2.05, 4.69) is 61.5 Å². The molecule has 3 aliphatic rings. The predicted molar refractivity (Wildman–Crippen MR) is 205 cm³/mol. The molecule has 1 aromatic heterocycles. The number of likely N-dealkylation sites (N-methyl/N-ethyl adjacent to an activating group) is 1. The van der Waals surface area contributed by atoms with E-state index < -0.39 is 16.9 Å². The molecule has 9 nitrogen and oxygen atoms in total. The van der Waals surface area contributed by atoms with Gasteiger partial charge in [-0.15, -0.1) is 0 Å². The van der Waals surface area contributed by atoms with Crippen LogP contribution in [0.4, 0.5) is 5.82 Å². The molecule has 2 aliphatic heterocycles. The van der Waals surface area contributed by atoms with Crippen LogP contribution in [-0.2, 0) is 26.9 Å². The Bertz CT molecular complexity index is 1400. The highest BCUT2D eigenvalue weighted by Crippen LogP contribution is 2.42. The summed E-state index contributed by atoms with van der Waals surface area (Å²) >= 11 is 6.44. The van der Waals surface area contributed by atoms with Gasteiger partial charge in [0, 0.05) is 30.5 Å². The van der Waals surface area contributed by atoms with Crippen molar-refractivity contribution in [1.29, 1.82) is 0 Å². The summed E-state index contributed by atoms with van der Waals surface area (Å²) in [6.45, 7) is 15.7. The van der Waals surface area contributed by atoms with Crippen LogP contribution in [0, 0.1) is 17.8 Å². The van der Waals surface area contributed by atoms with Crippen molar-refractivity contribution in [2.75, 3.05) is 51.9 Å². The molecule has 11 heteroatoms. The van der Waals surface area contributed by atoms with Crippen LogP contribution in [0.25, 0.3) is 0 Å². The zero-order chi connectivity index (χ0) is 36.4. The molecule has 1 aromatic carbocycles. The van der Waals surface area contributed by atoms with Crippen LogP contribution in [0.5, 0.6) is 5.75 Å². The van der Waals surface area contributed by atoms with Crippen LogP contribution in [0.15, 0.2) is 30.3 Å². The van der Waals surface area contributed by atoms with Gasteiger partial charge >= 0.3 is 0 Å². The first-order valence-corrected chi connectivity index (χ1v) is 20.4. The van der Waals surface area contributed by atoms with Gasteiger partial charge in [0.1, 0.15) is 16.7 Å². The number of hydrogen-bond donors (Lipinski definition) is 1. The van der Waals surface area contributed by atoms with Gasteiger partial charge in [-0.25, -0.2) is 9.19 Å². The molecule has 50 heavy (non-hydrogen) atoms. The van der Waals surface area contributed by atoms with Crippen molar-refractivity contribution in [3.63, 3.8) is 0 Å². The number of fused-ring (bicyclic) bond motifs is 1. The second-order valence-corrected chi connectivity index (χ2v) is 16.2. The van der Waals surface area contributed by atoms with Crippen molar-refractivity contribution < 1.29 is 23.2 Å². The second-order valence-electron chi connectivity index (χ2n) is 14.3. The summed E-state index contributed by atoms with van der Waals surface area (Å²) in [6.07, 6.45) is 6.88.